The SMILES string of the molecule is CCNC(=NCc1ccc(C)cc1OCC1CCCO1)NCCc1ccc(C)nc1. The van der Waals surface area contributed by atoms with Crippen molar-refractivity contribution in [2.75, 3.05) is 26.3 Å². The standard InChI is InChI=1S/C24H34N4O2/c1-4-25-24(26-12-11-20-9-8-19(3)27-15-20)28-16-21-10-7-18(2)14-23(21)30-17-22-6-5-13-29-22/h7-10,14-15,22H,4-6,11-13,16-17H2,1-3H3,(H2,25,26,28). The van der Waals surface area contributed by atoms with Crippen molar-refractivity contribution in [1.82, 2.24) is 15.6 Å². The van der Waals surface area contributed by atoms with E-state index in [1.54, 1.807) is 0 Å². The molecule has 1 fully saturated rings. The van der Waals surface area contributed by atoms with E-state index in [0.29, 0.717) is 13.2 Å². The number of aliphatic imine (C=N–C) groups is 1. The molecule has 1 unspecified atom stereocenters. The molecule has 0 aliphatic carbocycles. The van der Waals surface area contributed by atoms with Crippen LogP contribution < -0.4 is 15.4 Å². The Bertz CT molecular complexity index is 814. The summed E-state index contributed by atoms with van der Waals surface area (Å²) in [5, 5.41) is 6.73. The number of hydrogen-bond donors (Lipinski definition) is 2. The van der Waals surface area contributed by atoms with Gasteiger partial charge in [-0.1, -0.05) is 18.2 Å². The zero-order chi connectivity index (χ0) is 21.2. The van der Waals surface area contributed by atoms with E-state index in [1.807, 2.05) is 19.2 Å². The molecule has 2 N–H and O–H groups in total. The molecule has 1 aromatic carbocycles. The van der Waals surface area contributed by atoms with Crippen molar-refractivity contribution in [3.63, 3.8) is 0 Å². The molecule has 1 aliphatic rings. The second-order valence-corrected chi connectivity index (χ2v) is 7.74. The van der Waals surface area contributed by atoms with Crippen LogP contribution in [0.25, 0.3) is 0 Å². The first-order valence-corrected chi connectivity index (χ1v) is 10.9. The van der Waals surface area contributed by atoms with Crippen molar-refractivity contribution < 1.29 is 9.47 Å². The lowest BCUT2D eigenvalue weighted by molar-refractivity contribution is 0.0676. The largest absolute Gasteiger partial charge is 0.491 e. The minimum atomic E-state index is 0.206. The van der Waals surface area contributed by atoms with Gasteiger partial charge in [-0.2, -0.15) is 0 Å². The summed E-state index contributed by atoms with van der Waals surface area (Å²) in [7, 11) is 0. The zero-order valence-corrected chi connectivity index (χ0v) is 18.4. The normalized spacial score (nSPS) is 16.5. The summed E-state index contributed by atoms with van der Waals surface area (Å²) in [5.74, 6) is 1.71. The minimum absolute atomic E-state index is 0.206. The lowest BCUT2D eigenvalue weighted by atomic mass is 10.1. The van der Waals surface area contributed by atoms with Gasteiger partial charge in [-0.3, -0.25) is 4.98 Å². The number of rotatable bonds is 9. The molecule has 2 aromatic rings. The Labute approximate surface area is 180 Å². The van der Waals surface area contributed by atoms with Gasteiger partial charge in [0.25, 0.3) is 0 Å². The van der Waals surface area contributed by atoms with Crippen molar-refractivity contribution in [2.45, 2.75) is 52.7 Å². The smallest absolute Gasteiger partial charge is 0.191 e. The van der Waals surface area contributed by atoms with Crippen LogP contribution >= 0.6 is 0 Å². The summed E-state index contributed by atoms with van der Waals surface area (Å²) in [6.45, 7) is 9.77. The molecular formula is C24H34N4O2. The van der Waals surface area contributed by atoms with E-state index in [4.69, 9.17) is 14.5 Å². The maximum absolute atomic E-state index is 6.10. The molecule has 1 aliphatic heterocycles. The van der Waals surface area contributed by atoms with Gasteiger partial charge in [-0.25, -0.2) is 4.99 Å². The molecule has 2 heterocycles. The van der Waals surface area contributed by atoms with Crippen LogP contribution in [0.2, 0.25) is 0 Å². The number of nitrogens with zero attached hydrogens (tertiary/aromatic N) is 2. The fraction of sp³-hybridized carbons (Fsp3) is 0.500. The third kappa shape index (κ3) is 7.02. The first kappa shape index (κ1) is 22.1. The lowest BCUT2D eigenvalue weighted by Crippen LogP contribution is -2.38. The Morgan fingerprint density at radius 2 is 2.13 bits per heavy atom. The average Bonchev–Trinajstić information content (AvgIpc) is 3.26. The van der Waals surface area contributed by atoms with E-state index in [2.05, 4.69) is 53.7 Å². The Morgan fingerprint density at radius 1 is 1.23 bits per heavy atom. The molecule has 1 saturated heterocycles. The summed E-state index contributed by atoms with van der Waals surface area (Å²) in [5.41, 5.74) is 4.52. The van der Waals surface area contributed by atoms with Gasteiger partial charge >= 0.3 is 0 Å². The van der Waals surface area contributed by atoms with Crippen LogP contribution in [0.15, 0.2) is 41.5 Å². The van der Waals surface area contributed by atoms with Crippen molar-refractivity contribution in [2.24, 2.45) is 4.99 Å². The molecule has 0 radical (unpaired) electrons. The predicted octanol–water partition coefficient (Wildman–Crippen LogP) is 3.55. The molecule has 1 aromatic heterocycles. The molecule has 0 amide bonds. The molecule has 3 rings (SSSR count). The van der Waals surface area contributed by atoms with Gasteiger partial charge in [-0.15, -0.1) is 0 Å². The number of guanidine groups is 1. The molecule has 0 spiro atoms. The number of nitrogens with one attached hydrogen (secondary N) is 2. The number of benzene rings is 1. The van der Waals surface area contributed by atoms with Gasteiger partial charge in [0.15, 0.2) is 5.96 Å². The van der Waals surface area contributed by atoms with Crippen LogP contribution in [-0.4, -0.2) is 43.4 Å². The van der Waals surface area contributed by atoms with Crippen LogP contribution in [0.5, 0.6) is 5.75 Å². The van der Waals surface area contributed by atoms with Crippen molar-refractivity contribution in [3.8, 4) is 5.75 Å². The fourth-order valence-electron chi connectivity index (χ4n) is 3.36. The molecule has 0 saturated carbocycles. The monoisotopic (exact) mass is 410 g/mol. The Kier molecular flexibility index (Phi) is 8.51. The Morgan fingerprint density at radius 3 is 2.87 bits per heavy atom. The van der Waals surface area contributed by atoms with Gasteiger partial charge in [0.2, 0.25) is 0 Å². The number of aromatic nitrogens is 1. The fourth-order valence-corrected chi connectivity index (χ4v) is 3.36. The minimum Gasteiger partial charge on any atom is -0.491 e. The van der Waals surface area contributed by atoms with E-state index in [1.165, 1.54) is 11.1 Å². The van der Waals surface area contributed by atoms with E-state index >= 15 is 0 Å². The first-order valence-electron chi connectivity index (χ1n) is 10.9. The van der Waals surface area contributed by atoms with E-state index in [9.17, 15) is 0 Å². The molecule has 162 valence electrons. The predicted molar refractivity (Wildman–Crippen MR) is 121 cm³/mol. The summed E-state index contributed by atoms with van der Waals surface area (Å²) in [4.78, 5) is 9.12. The highest BCUT2D eigenvalue weighted by Gasteiger charge is 2.17. The second-order valence-electron chi connectivity index (χ2n) is 7.74. The van der Waals surface area contributed by atoms with E-state index in [0.717, 1.165) is 61.9 Å². The van der Waals surface area contributed by atoms with Crippen molar-refractivity contribution >= 4 is 5.96 Å². The number of aryl methyl sites for hydroxylation is 2. The maximum Gasteiger partial charge on any atom is 0.191 e. The van der Waals surface area contributed by atoms with Gasteiger partial charge < -0.3 is 20.1 Å². The van der Waals surface area contributed by atoms with Crippen LogP contribution in [0.4, 0.5) is 0 Å². The van der Waals surface area contributed by atoms with E-state index in [-0.39, 0.29) is 6.10 Å². The van der Waals surface area contributed by atoms with Gasteiger partial charge in [0, 0.05) is 37.2 Å². The highest BCUT2D eigenvalue weighted by molar-refractivity contribution is 5.79. The average molecular weight is 411 g/mol. The van der Waals surface area contributed by atoms with Gasteiger partial charge in [-0.05, 0) is 63.3 Å². The number of ether oxygens (including phenoxy) is 2. The van der Waals surface area contributed by atoms with E-state index < -0.39 is 0 Å². The Balaban J connectivity index is 1.58. The van der Waals surface area contributed by atoms with Crippen LogP contribution in [0.1, 0.15) is 42.1 Å². The van der Waals surface area contributed by atoms with Gasteiger partial charge in [0.05, 0.1) is 12.6 Å². The third-order valence-electron chi connectivity index (χ3n) is 5.10. The van der Waals surface area contributed by atoms with Crippen LogP contribution in [-0.2, 0) is 17.7 Å². The van der Waals surface area contributed by atoms with Crippen molar-refractivity contribution in [1.29, 1.82) is 0 Å². The molecular weight excluding hydrogens is 376 g/mol. The first-order chi connectivity index (χ1) is 14.6. The van der Waals surface area contributed by atoms with Crippen molar-refractivity contribution in [3.05, 3.63) is 58.9 Å². The number of hydrogen-bond acceptors (Lipinski definition) is 4. The lowest BCUT2D eigenvalue weighted by Gasteiger charge is -2.15. The highest BCUT2D eigenvalue weighted by Crippen LogP contribution is 2.23. The summed E-state index contributed by atoms with van der Waals surface area (Å²) in [6.07, 6.45) is 5.24. The quantitative estimate of drug-likeness (QED) is 0.489. The molecule has 6 nitrogen and oxygen atoms in total. The third-order valence-corrected chi connectivity index (χ3v) is 5.10. The molecule has 1 atom stereocenters. The van der Waals surface area contributed by atoms with Crippen LogP contribution in [0, 0.1) is 13.8 Å². The maximum atomic E-state index is 6.10. The summed E-state index contributed by atoms with van der Waals surface area (Å²) in [6, 6.07) is 10.5. The Hall–Kier alpha value is -2.60. The topological polar surface area (TPSA) is 67.8 Å². The van der Waals surface area contributed by atoms with Crippen LogP contribution in [0.3, 0.4) is 0 Å². The highest BCUT2D eigenvalue weighted by atomic mass is 16.5. The van der Waals surface area contributed by atoms with Gasteiger partial charge in [0.1, 0.15) is 12.4 Å². The summed E-state index contributed by atoms with van der Waals surface area (Å²) >= 11 is 0. The number of pyridine rings is 1. The second kappa shape index (κ2) is 11.6. The zero-order valence-electron chi connectivity index (χ0n) is 18.4. The molecule has 30 heavy (non-hydrogen) atoms. The molecule has 6 heteroatoms. The molecule has 0 bridgehead atoms. The summed E-state index contributed by atoms with van der Waals surface area (Å²) < 4.78 is 11.8.